The van der Waals surface area contributed by atoms with Gasteiger partial charge in [-0.05, 0) is 49.2 Å². The standard InChI is InChI=1S/C21H20FNO4/c1-3-27-20(25)21(26,10-9-14-5-4-6-15(22)12-14)18-16-11-13(2)7-8-17(16)23-19(18)24/h4-12,18,26H,3H2,1-2H3,(H,23,24)/b10-9+. The summed E-state index contributed by atoms with van der Waals surface area (Å²) in [6, 6.07) is 11.0. The van der Waals surface area contributed by atoms with E-state index < -0.39 is 29.2 Å². The lowest BCUT2D eigenvalue weighted by Gasteiger charge is -2.27. The van der Waals surface area contributed by atoms with Crippen molar-refractivity contribution in [2.75, 3.05) is 11.9 Å². The van der Waals surface area contributed by atoms with Crippen molar-refractivity contribution < 1.29 is 23.8 Å². The number of nitrogens with one attached hydrogen (secondary N) is 1. The molecule has 0 aromatic heterocycles. The summed E-state index contributed by atoms with van der Waals surface area (Å²) in [5.41, 5.74) is 0.152. The molecule has 1 heterocycles. The molecule has 0 radical (unpaired) electrons. The van der Waals surface area contributed by atoms with Crippen LogP contribution in [0.4, 0.5) is 10.1 Å². The van der Waals surface area contributed by atoms with Crippen LogP contribution in [0, 0.1) is 12.7 Å². The Labute approximate surface area is 156 Å². The summed E-state index contributed by atoms with van der Waals surface area (Å²) >= 11 is 0. The van der Waals surface area contributed by atoms with Gasteiger partial charge in [0.05, 0.1) is 6.61 Å². The fourth-order valence-electron chi connectivity index (χ4n) is 3.18. The van der Waals surface area contributed by atoms with Gasteiger partial charge in [-0.25, -0.2) is 9.18 Å². The number of anilines is 1. The third-order valence-electron chi connectivity index (χ3n) is 4.46. The largest absolute Gasteiger partial charge is 0.464 e. The highest BCUT2D eigenvalue weighted by Gasteiger charge is 2.51. The molecule has 2 aromatic rings. The van der Waals surface area contributed by atoms with E-state index in [1.165, 1.54) is 30.4 Å². The van der Waals surface area contributed by atoms with Gasteiger partial charge >= 0.3 is 5.97 Å². The molecule has 2 N–H and O–H groups in total. The number of rotatable bonds is 5. The van der Waals surface area contributed by atoms with E-state index in [9.17, 15) is 19.1 Å². The molecule has 2 atom stereocenters. The van der Waals surface area contributed by atoms with Crippen LogP contribution in [0.1, 0.15) is 29.5 Å². The van der Waals surface area contributed by atoms with E-state index in [-0.39, 0.29) is 6.61 Å². The number of benzene rings is 2. The molecule has 5 nitrogen and oxygen atoms in total. The Morgan fingerprint density at radius 2 is 2.11 bits per heavy atom. The molecular weight excluding hydrogens is 349 g/mol. The number of amides is 1. The Kier molecular flexibility index (Phi) is 5.10. The van der Waals surface area contributed by atoms with Crippen molar-refractivity contribution in [3.8, 4) is 0 Å². The average molecular weight is 369 g/mol. The van der Waals surface area contributed by atoms with Gasteiger partial charge in [-0.3, -0.25) is 4.79 Å². The smallest absolute Gasteiger partial charge is 0.343 e. The molecular formula is C21H20FNO4. The first-order valence-electron chi connectivity index (χ1n) is 8.61. The number of carbonyl (C=O) groups excluding carboxylic acids is 2. The third kappa shape index (κ3) is 3.61. The van der Waals surface area contributed by atoms with E-state index in [0.29, 0.717) is 16.8 Å². The van der Waals surface area contributed by atoms with Gasteiger partial charge in [-0.1, -0.05) is 35.9 Å². The number of fused-ring (bicyclic) bond motifs is 1. The monoisotopic (exact) mass is 369 g/mol. The normalized spacial score (nSPS) is 18.1. The number of esters is 1. The first-order valence-corrected chi connectivity index (χ1v) is 8.61. The molecule has 140 valence electrons. The Morgan fingerprint density at radius 1 is 1.33 bits per heavy atom. The van der Waals surface area contributed by atoms with E-state index >= 15 is 0 Å². The van der Waals surface area contributed by atoms with E-state index in [0.717, 1.165) is 5.56 Å². The summed E-state index contributed by atoms with van der Waals surface area (Å²) in [6.45, 7) is 3.51. The zero-order valence-corrected chi connectivity index (χ0v) is 15.0. The first-order chi connectivity index (χ1) is 12.8. The second-order valence-corrected chi connectivity index (χ2v) is 6.45. The van der Waals surface area contributed by atoms with Crippen LogP contribution < -0.4 is 5.32 Å². The minimum atomic E-state index is -2.23. The fourth-order valence-corrected chi connectivity index (χ4v) is 3.18. The SMILES string of the molecule is CCOC(=O)C(O)(/C=C/c1cccc(F)c1)C1C(=O)Nc2ccc(C)cc21. The Bertz CT molecular complexity index is 924. The van der Waals surface area contributed by atoms with Gasteiger partial charge in [-0.15, -0.1) is 0 Å². The minimum absolute atomic E-state index is 0.0456. The molecule has 3 rings (SSSR count). The Balaban J connectivity index is 2.07. The number of hydrogen-bond acceptors (Lipinski definition) is 4. The van der Waals surface area contributed by atoms with Gasteiger partial charge in [0.15, 0.2) is 5.60 Å². The first kappa shape index (κ1) is 18.8. The zero-order chi connectivity index (χ0) is 19.6. The number of aryl methyl sites for hydroxylation is 1. The molecule has 1 aliphatic heterocycles. The van der Waals surface area contributed by atoms with Crippen LogP contribution in [0.15, 0.2) is 48.5 Å². The van der Waals surface area contributed by atoms with Crippen LogP contribution >= 0.6 is 0 Å². The molecule has 0 aliphatic carbocycles. The van der Waals surface area contributed by atoms with Crippen molar-refractivity contribution in [2.24, 2.45) is 0 Å². The van der Waals surface area contributed by atoms with Gasteiger partial charge in [0.25, 0.3) is 0 Å². The highest BCUT2D eigenvalue weighted by atomic mass is 19.1. The molecule has 0 saturated heterocycles. The number of hydrogen-bond donors (Lipinski definition) is 2. The van der Waals surface area contributed by atoms with Crippen LogP contribution in [0.5, 0.6) is 0 Å². The summed E-state index contributed by atoms with van der Waals surface area (Å²) < 4.78 is 18.4. The molecule has 1 aliphatic rings. The lowest BCUT2D eigenvalue weighted by molar-refractivity contribution is -0.163. The second kappa shape index (κ2) is 7.32. The molecule has 6 heteroatoms. The van der Waals surface area contributed by atoms with Crippen molar-refractivity contribution in [3.63, 3.8) is 0 Å². The van der Waals surface area contributed by atoms with Gasteiger partial charge < -0.3 is 15.2 Å². The molecule has 0 bridgehead atoms. The Morgan fingerprint density at radius 3 is 2.81 bits per heavy atom. The van der Waals surface area contributed by atoms with E-state index in [1.54, 1.807) is 25.1 Å². The highest BCUT2D eigenvalue weighted by Crippen LogP contribution is 2.41. The molecule has 2 unspecified atom stereocenters. The van der Waals surface area contributed by atoms with Crippen molar-refractivity contribution >= 4 is 23.6 Å². The van der Waals surface area contributed by atoms with Crippen LogP contribution in [0.3, 0.4) is 0 Å². The summed E-state index contributed by atoms with van der Waals surface area (Å²) in [7, 11) is 0. The second-order valence-electron chi connectivity index (χ2n) is 6.45. The molecule has 0 fully saturated rings. The topological polar surface area (TPSA) is 75.6 Å². The maximum Gasteiger partial charge on any atom is 0.343 e. The van der Waals surface area contributed by atoms with E-state index in [1.807, 2.05) is 13.0 Å². The number of aliphatic hydroxyl groups is 1. The molecule has 0 spiro atoms. The predicted octanol–water partition coefficient (Wildman–Crippen LogP) is 3.18. The molecule has 0 saturated carbocycles. The summed E-state index contributed by atoms with van der Waals surface area (Å²) in [6.07, 6.45) is 2.60. The van der Waals surface area contributed by atoms with Crippen LogP contribution in [-0.4, -0.2) is 29.2 Å². The fraction of sp³-hybridized carbons (Fsp3) is 0.238. The van der Waals surface area contributed by atoms with E-state index in [2.05, 4.69) is 5.32 Å². The van der Waals surface area contributed by atoms with Crippen LogP contribution in [-0.2, 0) is 14.3 Å². The van der Waals surface area contributed by atoms with Crippen molar-refractivity contribution in [3.05, 3.63) is 71.0 Å². The minimum Gasteiger partial charge on any atom is -0.464 e. The lowest BCUT2D eigenvalue weighted by atomic mass is 9.81. The molecule has 2 aromatic carbocycles. The lowest BCUT2D eigenvalue weighted by Crippen LogP contribution is -2.46. The quantitative estimate of drug-likeness (QED) is 0.794. The summed E-state index contributed by atoms with van der Waals surface area (Å²) in [5, 5.41) is 13.9. The Hall–Kier alpha value is -2.99. The predicted molar refractivity (Wildman–Crippen MR) is 99.6 cm³/mol. The maximum atomic E-state index is 13.4. The summed E-state index contributed by atoms with van der Waals surface area (Å²) in [5.74, 6) is -3.06. The van der Waals surface area contributed by atoms with Crippen molar-refractivity contribution in [1.82, 2.24) is 0 Å². The summed E-state index contributed by atoms with van der Waals surface area (Å²) in [4.78, 5) is 25.2. The van der Waals surface area contributed by atoms with Crippen LogP contribution in [0.25, 0.3) is 6.08 Å². The third-order valence-corrected chi connectivity index (χ3v) is 4.46. The number of halogens is 1. The number of ether oxygens (including phenoxy) is 1. The molecule has 27 heavy (non-hydrogen) atoms. The van der Waals surface area contributed by atoms with Crippen molar-refractivity contribution in [1.29, 1.82) is 0 Å². The zero-order valence-electron chi connectivity index (χ0n) is 15.0. The highest BCUT2D eigenvalue weighted by molar-refractivity contribution is 6.08. The molecule has 1 amide bonds. The van der Waals surface area contributed by atoms with Gasteiger partial charge in [0.2, 0.25) is 5.91 Å². The number of carbonyl (C=O) groups is 2. The average Bonchev–Trinajstić information content (AvgIpc) is 2.95. The van der Waals surface area contributed by atoms with Gasteiger partial charge in [0.1, 0.15) is 11.7 Å². The van der Waals surface area contributed by atoms with Crippen molar-refractivity contribution in [2.45, 2.75) is 25.4 Å². The van der Waals surface area contributed by atoms with E-state index in [4.69, 9.17) is 4.74 Å². The van der Waals surface area contributed by atoms with Gasteiger partial charge in [0, 0.05) is 5.69 Å². The maximum absolute atomic E-state index is 13.4. The van der Waals surface area contributed by atoms with Crippen LogP contribution in [0.2, 0.25) is 0 Å². The van der Waals surface area contributed by atoms with Gasteiger partial charge in [-0.2, -0.15) is 0 Å².